The molecular formula is C13H22N2O2S. The lowest BCUT2D eigenvalue weighted by Gasteiger charge is -2.38. The van der Waals surface area contributed by atoms with Crippen LogP contribution >= 0.6 is 12.2 Å². The molecule has 2 fully saturated rings. The number of rotatable bonds is 3. The van der Waals surface area contributed by atoms with Crippen molar-refractivity contribution in [2.24, 2.45) is 11.1 Å². The maximum atomic E-state index is 12.6. The van der Waals surface area contributed by atoms with Gasteiger partial charge in [-0.25, -0.2) is 0 Å². The second-order valence-electron chi connectivity index (χ2n) is 5.78. The predicted octanol–water partition coefficient (Wildman–Crippen LogP) is 1.52. The molecule has 0 spiro atoms. The average molecular weight is 270 g/mol. The topological polar surface area (TPSA) is 64.4 Å². The van der Waals surface area contributed by atoms with E-state index in [-0.39, 0.29) is 11.4 Å². The van der Waals surface area contributed by atoms with Crippen LogP contribution in [0.2, 0.25) is 0 Å². The summed E-state index contributed by atoms with van der Waals surface area (Å²) in [5.41, 5.74) is 5.06. The summed E-state index contributed by atoms with van der Waals surface area (Å²) in [6, 6.07) is 0. The Labute approximate surface area is 114 Å². The zero-order chi connectivity index (χ0) is 13.2. The van der Waals surface area contributed by atoms with Crippen molar-refractivity contribution in [3.63, 3.8) is 0 Å². The van der Waals surface area contributed by atoms with Crippen LogP contribution in [-0.2, 0) is 9.53 Å². The number of carbonyl (C=O) groups is 1. The Hall–Kier alpha value is -0.680. The first-order valence-corrected chi connectivity index (χ1v) is 7.10. The highest BCUT2D eigenvalue weighted by atomic mass is 32.1. The molecule has 0 unspecified atom stereocenters. The number of carbonyl (C=O) groups excluding carboxylic acids is 1. The second-order valence-corrected chi connectivity index (χ2v) is 6.22. The van der Waals surface area contributed by atoms with E-state index in [2.05, 4.69) is 12.2 Å². The van der Waals surface area contributed by atoms with E-state index >= 15 is 0 Å². The molecule has 1 saturated carbocycles. The van der Waals surface area contributed by atoms with E-state index in [1.54, 1.807) is 0 Å². The summed E-state index contributed by atoms with van der Waals surface area (Å²) in [6.45, 7) is 3.23. The highest BCUT2D eigenvalue weighted by molar-refractivity contribution is 7.80. The first kappa shape index (κ1) is 13.7. The zero-order valence-electron chi connectivity index (χ0n) is 11.0. The van der Waals surface area contributed by atoms with Crippen LogP contribution in [0.15, 0.2) is 0 Å². The van der Waals surface area contributed by atoms with Crippen LogP contribution in [0.25, 0.3) is 0 Å². The van der Waals surface area contributed by atoms with Gasteiger partial charge >= 0.3 is 0 Å². The fourth-order valence-electron chi connectivity index (χ4n) is 2.98. The Morgan fingerprint density at radius 1 is 1.22 bits per heavy atom. The van der Waals surface area contributed by atoms with Gasteiger partial charge in [0.1, 0.15) is 5.41 Å². The summed E-state index contributed by atoms with van der Waals surface area (Å²) in [5, 5.41) is 3.19. The fraction of sp³-hybridized carbons (Fsp3) is 0.846. The van der Waals surface area contributed by atoms with E-state index in [9.17, 15) is 4.79 Å². The average Bonchev–Trinajstić information content (AvgIpc) is 2.76. The Kier molecular flexibility index (Phi) is 3.92. The SMILES string of the molecule is CC1(NC(=O)C2(C(N)=S)CCOCC2)CCCC1. The Morgan fingerprint density at radius 2 is 1.78 bits per heavy atom. The molecule has 102 valence electrons. The summed E-state index contributed by atoms with van der Waals surface area (Å²) >= 11 is 5.14. The first-order valence-electron chi connectivity index (χ1n) is 6.69. The van der Waals surface area contributed by atoms with Crippen molar-refractivity contribution >= 4 is 23.1 Å². The van der Waals surface area contributed by atoms with E-state index in [0.717, 1.165) is 12.8 Å². The Bertz CT molecular complexity index is 345. The molecule has 5 heteroatoms. The third-order valence-corrected chi connectivity index (χ3v) is 4.77. The zero-order valence-corrected chi connectivity index (χ0v) is 11.8. The lowest BCUT2D eigenvalue weighted by Crippen LogP contribution is -2.56. The molecule has 18 heavy (non-hydrogen) atoms. The molecular weight excluding hydrogens is 248 g/mol. The van der Waals surface area contributed by atoms with Gasteiger partial charge in [-0.1, -0.05) is 25.1 Å². The van der Waals surface area contributed by atoms with Crippen molar-refractivity contribution in [2.75, 3.05) is 13.2 Å². The van der Waals surface area contributed by atoms with Crippen molar-refractivity contribution in [3.8, 4) is 0 Å². The molecule has 0 aromatic carbocycles. The van der Waals surface area contributed by atoms with Gasteiger partial charge in [-0.3, -0.25) is 4.79 Å². The molecule has 0 radical (unpaired) electrons. The van der Waals surface area contributed by atoms with E-state index in [1.807, 2.05) is 0 Å². The summed E-state index contributed by atoms with van der Waals surface area (Å²) in [6.07, 6.45) is 5.65. The standard InChI is InChI=1S/C13H22N2O2S/c1-12(4-2-3-5-12)15-11(16)13(10(14)18)6-8-17-9-7-13/h2-9H2,1H3,(H2,14,18)(H,15,16). The Balaban J connectivity index is 2.11. The third-order valence-electron chi connectivity index (χ3n) is 4.38. The normalized spacial score (nSPS) is 25.6. The van der Waals surface area contributed by atoms with Crippen LogP contribution in [0.5, 0.6) is 0 Å². The van der Waals surface area contributed by atoms with Crippen molar-refractivity contribution in [1.82, 2.24) is 5.32 Å². The van der Waals surface area contributed by atoms with E-state index in [4.69, 9.17) is 22.7 Å². The summed E-state index contributed by atoms with van der Waals surface area (Å²) in [5.74, 6) is 0.00250. The molecule has 1 aliphatic carbocycles. The number of thiocarbonyl (C=S) groups is 1. The molecule has 0 aromatic rings. The molecule has 1 saturated heterocycles. The molecule has 4 nitrogen and oxygen atoms in total. The second kappa shape index (κ2) is 5.13. The van der Waals surface area contributed by atoms with Gasteiger partial charge in [0, 0.05) is 18.8 Å². The first-order chi connectivity index (χ1) is 8.49. The van der Waals surface area contributed by atoms with Crippen LogP contribution in [-0.4, -0.2) is 29.6 Å². The highest BCUT2D eigenvalue weighted by Crippen LogP contribution is 2.35. The fourth-order valence-corrected chi connectivity index (χ4v) is 3.28. The lowest BCUT2D eigenvalue weighted by molar-refractivity contribution is -0.133. The number of nitrogens with one attached hydrogen (secondary N) is 1. The van der Waals surface area contributed by atoms with Crippen molar-refractivity contribution in [2.45, 2.75) is 51.0 Å². The third kappa shape index (κ3) is 2.52. The molecule has 2 rings (SSSR count). The van der Waals surface area contributed by atoms with Crippen molar-refractivity contribution < 1.29 is 9.53 Å². The lowest BCUT2D eigenvalue weighted by atomic mass is 9.78. The molecule has 0 atom stereocenters. The number of amides is 1. The van der Waals surface area contributed by atoms with Crippen LogP contribution < -0.4 is 11.1 Å². The van der Waals surface area contributed by atoms with Gasteiger partial charge in [-0.15, -0.1) is 0 Å². The van der Waals surface area contributed by atoms with Gasteiger partial charge in [-0.05, 0) is 32.6 Å². The minimum Gasteiger partial charge on any atom is -0.392 e. The van der Waals surface area contributed by atoms with Gasteiger partial charge in [0.25, 0.3) is 0 Å². The van der Waals surface area contributed by atoms with Gasteiger partial charge in [0.2, 0.25) is 5.91 Å². The maximum absolute atomic E-state index is 12.6. The molecule has 0 bridgehead atoms. The molecule has 0 aromatic heterocycles. The quantitative estimate of drug-likeness (QED) is 0.763. The highest BCUT2D eigenvalue weighted by Gasteiger charge is 2.45. The van der Waals surface area contributed by atoms with Gasteiger partial charge in [-0.2, -0.15) is 0 Å². The van der Waals surface area contributed by atoms with Crippen molar-refractivity contribution in [3.05, 3.63) is 0 Å². The van der Waals surface area contributed by atoms with E-state index < -0.39 is 5.41 Å². The monoisotopic (exact) mass is 270 g/mol. The number of ether oxygens (including phenoxy) is 1. The van der Waals surface area contributed by atoms with Crippen LogP contribution in [0, 0.1) is 5.41 Å². The predicted molar refractivity (Wildman–Crippen MR) is 74.3 cm³/mol. The van der Waals surface area contributed by atoms with Crippen molar-refractivity contribution in [1.29, 1.82) is 0 Å². The van der Waals surface area contributed by atoms with E-state index in [1.165, 1.54) is 12.8 Å². The van der Waals surface area contributed by atoms with Crippen LogP contribution in [0.1, 0.15) is 45.4 Å². The maximum Gasteiger partial charge on any atom is 0.233 e. The molecule has 1 aliphatic heterocycles. The largest absolute Gasteiger partial charge is 0.392 e. The van der Waals surface area contributed by atoms with Crippen LogP contribution in [0.4, 0.5) is 0 Å². The minimum atomic E-state index is -0.695. The van der Waals surface area contributed by atoms with Gasteiger partial charge in [0.15, 0.2) is 0 Å². The Morgan fingerprint density at radius 3 is 2.28 bits per heavy atom. The smallest absolute Gasteiger partial charge is 0.233 e. The summed E-state index contributed by atoms with van der Waals surface area (Å²) in [4.78, 5) is 12.9. The van der Waals surface area contributed by atoms with E-state index in [0.29, 0.717) is 31.0 Å². The molecule has 1 amide bonds. The summed E-state index contributed by atoms with van der Waals surface area (Å²) in [7, 11) is 0. The number of nitrogens with two attached hydrogens (primary N) is 1. The molecule has 3 N–H and O–H groups in total. The van der Waals surface area contributed by atoms with Gasteiger partial charge < -0.3 is 15.8 Å². The summed E-state index contributed by atoms with van der Waals surface area (Å²) < 4.78 is 5.33. The molecule has 1 heterocycles. The number of hydrogen-bond donors (Lipinski definition) is 2. The number of hydrogen-bond acceptors (Lipinski definition) is 3. The molecule has 2 aliphatic rings. The van der Waals surface area contributed by atoms with Crippen LogP contribution in [0.3, 0.4) is 0 Å². The van der Waals surface area contributed by atoms with Gasteiger partial charge in [0.05, 0.1) is 4.99 Å². The minimum absolute atomic E-state index is 0.00250.